The van der Waals surface area contributed by atoms with Crippen molar-refractivity contribution in [1.82, 2.24) is 25.2 Å². The quantitative estimate of drug-likeness (QED) is 0.852. The van der Waals surface area contributed by atoms with Crippen molar-refractivity contribution >= 4 is 17.4 Å². The van der Waals surface area contributed by atoms with E-state index in [2.05, 4.69) is 27.5 Å². The second-order valence-corrected chi connectivity index (χ2v) is 5.56. The summed E-state index contributed by atoms with van der Waals surface area (Å²) < 4.78 is 1.92. The first kappa shape index (κ1) is 14.5. The van der Waals surface area contributed by atoms with Crippen LogP contribution in [0.2, 0.25) is 0 Å². The zero-order chi connectivity index (χ0) is 14.4. The maximum Gasteiger partial charge on any atom is 0.314 e. The molecule has 0 bridgehead atoms. The van der Waals surface area contributed by atoms with Crippen LogP contribution < -0.4 is 10.6 Å². The highest BCUT2D eigenvalue weighted by Crippen LogP contribution is 2.18. The van der Waals surface area contributed by atoms with Crippen molar-refractivity contribution in [3.05, 3.63) is 34.8 Å². The maximum absolute atomic E-state index is 11.6. The largest absolute Gasteiger partial charge is 0.337 e. The summed E-state index contributed by atoms with van der Waals surface area (Å²) in [7, 11) is 0. The molecule has 2 heterocycles. The molecular formula is C13H19N5OS. The summed E-state index contributed by atoms with van der Waals surface area (Å²) in [5.41, 5.74) is 1.03. The Morgan fingerprint density at radius 1 is 1.50 bits per heavy atom. The lowest BCUT2D eigenvalue weighted by atomic mass is 10.2. The van der Waals surface area contributed by atoms with Crippen molar-refractivity contribution in [3.8, 4) is 0 Å². The van der Waals surface area contributed by atoms with Gasteiger partial charge in [-0.1, -0.05) is 6.92 Å². The number of hydrogen-bond donors (Lipinski definition) is 2. The number of carbonyl (C=O) groups is 1. The summed E-state index contributed by atoms with van der Waals surface area (Å²) in [6, 6.07) is -0.148. The van der Waals surface area contributed by atoms with Crippen molar-refractivity contribution in [3.63, 3.8) is 0 Å². The van der Waals surface area contributed by atoms with Crippen molar-refractivity contribution in [1.29, 1.82) is 0 Å². The third kappa shape index (κ3) is 4.34. The first-order valence-corrected chi connectivity index (χ1v) is 7.42. The SMILES string of the molecule is Cc1csc(C(C)CNC(=O)NCCn2ccnc2)n1. The zero-order valence-corrected chi connectivity index (χ0v) is 12.5. The Morgan fingerprint density at radius 2 is 2.35 bits per heavy atom. The van der Waals surface area contributed by atoms with Crippen LogP contribution in [0.3, 0.4) is 0 Å². The van der Waals surface area contributed by atoms with Crippen LogP contribution in [-0.2, 0) is 6.54 Å². The molecule has 0 aromatic carbocycles. The number of aromatic nitrogens is 3. The number of rotatable bonds is 6. The molecule has 0 saturated heterocycles. The van der Waals surface area contributed by atoms with E-state index in [9.17, 15) is 4.79 Å². The number of amides is 2. The van der Waals surface area contributed by atoms with Crippen LogP contribution in [-0.4, -0.2) is 33.7 Å². The summed E-state index contributed by atoms with van der Waals surface area (Å²) >= 11 is 1.63. The van der Waals surface area contributed by atoms with E-state index in [4.69, 9.17) is 0 Å². The lowest BCUT2D eigenvalue weighted by Gasteiger charge is -2.11. The third-order valence-corrected chi connectivity index (χ3v) is 4.04. The molecule has 2 amide bonds. The molecule has 108 valence electrons. The smallest absolute Gasteiger partial charge is 0.314 e. The van der Waals surface area contributed by atoms with Crippen molar-refractivity contribution < 1.29 is 4.79 Å². The summed E-state index contributed by atoms with van der Waals surface area (Å²) in [5, 5.41) is 8.76. The van der Waals surface area contributed by atoms with Gasteiger partial charge in [0, 0.05) is 49.0 Å². The van der Waals surface area contributed by atoms with Gasteiger partial charge in [0.15, 0.2) is 0 Å². The van der Waals surface area contributed by atoms with Crippen LogP contribution in [0.1, 0.15) is 23.5 Å². The lowest BCUT2D eigenvalue weighted by molar-refractivity contribution is 0.240. The Kier molecular flexibility index (Phi) is 5.11. The molecule has 1 unspecified atom stereocenters. The predicted molar refractivity (Wildman–Crippen MR) is 78.9 cm³/mol. The van der Waals surface area contributed by atoms with E-state index in [0.717, 1.165) is 10.7 Å². The van der Waals surface area contributed by atoms with E-state index in [1.165, 1.54) is 0 Å². The molecular weight excluding hydrogens is 274 g/mol. The highest BCUT2D eigenvalue weighted by atomic mass is 32.1. The summed E-state index contributed by atoms with van der Waals surface area (Å²) in [6.45, 7) is 5.92. The Bertz CT molecular complexity index is 537. The molecule has 1 atom stereocenters. The highest BCUT2D eigenvalue weighted by Gasteiger charge is 2.10. The third-order valence-electron chi connectivity index (χ3n) is 2.84. The van der Waals surface area contributed by atoms with Gasteiger partial charge < -0.3 is 15.2 Å². The number of nitrogens with zero attached hydrogens (tertiary/aromatic N) is 3. The van der Waals surface area contributed by atoms with Crippen LogP contribution in [0.15, 0.2) is 24.1 Å². The van der Waals surface area contributed by atoms with Crippen molar-refractivity contribution in [2.75, 3.05) is 13.1 Å². The maximum atomic E-state index is 11.6. The van der Waals surface area contributed by atoms with Gasteiger partial charge in [0.1, 0.15) is 0 Å². The fourth-order valence-electron chi connectivity index (χ4n) is 1.71. The molecule has 0 spiro atoms. The van der Waals surface area contributed by atoms with E-state index in [1.807, 2.05) is 23.1 Å². The molecule has 0 aliphatic carbocycles. The van der Waals surface area contributed by atoms with E-state index in [0.29, 0.717) is 19.6 Å². The molecule has 0 saturated carbocycles. The number of hydrogen-bond acceptors (Lipinski definition) is 4. The van der Waals surface area contributed by atoms with Gasteiger partial charge in [-0.2, -0.15) is 0 Å². The monoisotopic (exact) mass is 293 g/mol. The summed E-state index contributed by atoms with van der Waals surface area (Å²) in [4.78, 5) is 20.0. The standard InChI is InChI=1S/C13H19N5OS/c1-10(12-17-11(2)8-20-12)7-16-13(19)15-4-6-18-5-3-14-9-18/h3,5,8-10H,4,6-7H2,1-2H3,(H2,15,16,19). The average molecular weight is 293 g/mol. The van der Waals surface area contributed by atoms with Gasteiger partial charge in [-0.3, -0.25) is 0 Å². The van der Waals surface area contributed by atoms with Crippen LogP contribution in [0.4, 0.5) is 4.79 Å². The van der Waals surface area contributed by atoms with E-state index < -0.39 is 0 Å². The van der Waals surface area contributed by atoms with Crippen molar-refractivity contribution in [2.45, 2.75) is 26.3 Å². The number of urea groups is 1. The number of aryl methyl sites for hydroxylation is 1. The first-order chi connectivity index (χ1) is 9.65. The fraction of sp³-hybridized carbons (Fsp3) is 0.462. The molecule has 7 heteroatoms. The van der Waals surface area contributed by atoms with Gasteiger partial charge in [-0.05, 0) is 6.92 Å². The lowest BCUT2D eigenvalue weighted by Crippen LogP contribution is -2.38. The number of thiazole rings is 1. The fourth-order valence-corrected chi connectivity index (χ4v) is 2.57. The molecule has 6 nitrogen and oxygen atoms in total. The van der Waals surface area contributed by atoms with Gasteiger partial charge in [0.2, 0.25) is 0 Å². The molecule has 20 heavy (non-hydrogen) atoms. The highest BCUT2D eigenvalue weighted by molar-refractivity contribution is 7.09. The Labute approximate surface area is 122 Å². The minimum absolute atomic E-state index is 0.148. The van der Waals surface area contributed by atoms with E-state index in [-0.39, 0.29) is 11.9 Å². The average Bonchev–Trinajstić information content (AvgIpc) is 3.07. The Morgan fingerprint density at radius 3 is 3.00 bits per heavy atom. The molecule has 2 N–H and O–H groups in total. The van der Waals surface area contributed by atoms with Gasteiger partial charge in [0.25, 0.3) is 0 Å². The van der Waals surface area contributed by atoms with Crippen LogP contribution in [0.25, 0.3) is 0 Å². The number of carbonyl (C=O) groups excluding carboxylic acids is 1. The zero-order valence-electron chi connectivity index (χ0n) is 11.7. The topological polar surface area (TPSA) is 71.8 Å². The molecule has 0 radical (unpaired) electrons. The second-order valence-electron chi connectivity index (χ2n) is 4.67. The number of imidazole rings is 1. The predicted octanol–water partition coefficient (Wildman–Crippen LogP) is 1.75. The molecule has 0 aliphatic heterocycles. The van der Waals surface area contributed by atoms with Gasteiger partial charge >= 0.3 is 6.03 Å². The second kappa shape index (κ2) is 7.04. The summed E-state index contributed by atoms with van der Waals surface area (Å²) in [6.07, 6.45) is 5.32. The molecule has 2 rings (SSSR count). The van der Waals surface area contributed by atoms with Crippen LogP contribution >= 0.6 is 11.3 Å². The van der Waals surface area contributed by atoms with Crippen molar-refractivity contribution in [2.24, 2.45) is 0 Å². The minimum Gasteiger partial charge on any atom is -0.337 e. The molecule has 2 aromatic rings. The first-order valence-electron chi connectivity index (χ1n) is 6.54. The van der Waals surface area contributed by atoms with E-state index in [1.54, 1.807) is 23.9 Å². The Balaban J connectivity index is 1.64. The molecule has 0 fully saturated rings. The Hall–Kier alpha value is -1.89. The van der Waals surface area contributed by atoms with Gasteiger partial charge in [0.05, 0.1) is 11.3 Å². The normalized spacial score (nSPS) is 12.1. The molecule has 0 aliphatic rings. The van der Waals surface area contributed by atoms with E-state index >= 15 is 0 Å². The summed E-state index contributed by atoms with van der Waals surface area (Å²) in [5.74, 6) is 0.230. The van der Waals surface area contributed by atoms with Crippen LogP contribution in [0.5, 0.6) is 0 Å². The van der Waals surface area contributed by atoms with Crippen LogP contribution in [0, 0.1) is 6.92 Å². The minimum atomic E-state index is -0.148. The van der Waals surface area contributed by atoms with Gasteiger partial charge in [-0.15, -0.1) is 11.3 Å². The van der Waals surface area contributed by atoms with Gasteiger partial charge in [-0.25, -0.2) is 14.8 Å². The number of nitrogens with one attached hydrogen (secondary N) is 2. The molecule has 2 aromatic heterocycles.